The first kappa shape index (κ1) is 17.4. The molecule has 2 N–H and O–H groups in total. The zero-order chi connectivity index (χ0) is 16.8. The summed E-state index contributed by atoms with van der Waals surface area (Å²) in [5, 5.41) is 5.74. The summed E-state index contributed by atoms with van der Waals surface area (Å²) in [6, 6.07) is 8.85. The highest BCUT2D eigenvalue weighted by Gasteiger charge is 2.11. The molecule has 0 bridgehead atoms. The highest BCUT2D eigenvalue weighted by Crippen LogP contribution is 2.26. The largest absolute Gasteiger partial charge is 0.493 e. The molecular weight excluding hydrogens is 378 g/mol. The molecule has 1 amide bonds. The summed E-state index contributed by atoms with van der Waals surface area (Å²) < 4.78 is 6.13. The molecule has 0 aliphatic rings. The number of rotatable bonds is 4. The normalized spacial score (nSPS) is 10.0. The minimum atomic E-state index is -0.306. The SMILES string of the molecule is CCOc1ccc(C(=O)NC(=S)Nc2ncccc2C)cc1Br. The van der Waals surface area contributed by atoms with Crippen LogP contribution in [-0.2, 0) is 0 Å². The number of aryl methyl sites for hydroxylation is 1. The van der Waals surface area contributed by atoms with Gasteiger partial charge in [-0.25, -0.2) is 4.98 Å². The van der Waals surface area contributed by atoms with Crippen LogP contribution in [0.3, 0.4) is 0 Å². The lowest BCUT2D eigenvalue weighted by Crippen LogP contribution is -2.34. The number of benzene rings is 1. The van der Waals surface area contributed by atoms with E-state index in [0.29, 0.717) is 28.2 Å². The van der Waals surface area contributed by atoms with E-state index in [1.807, 2.05) is 26.0 Å². The van der Waals surface area contributed by atoms with E-state index >= 15 is 0 Å². The summed E-state index contributed by atoms with van der Waals surface area (Å²) in [5.74, 6) is 0.999. The molecule has 0 aliphatic carbocycles. The molecule has 0 atom stereocenters. The van der Waals surface area contributed by atoms with Crippen molar-refractivity contribution < 1.29 is 9.53 Å². The Morgan fingerprint density at radius 2 is 2.17 bits per heavy atom. The van der Waals surface area contributed by atoms with Crippen LogP contribution in [0.25, 0.3) is 0 Å². The van der Waals surface area contributed by atoms with E-state index in [0.717, 1.165) is 5.56 Å². The number of carbonyl (C=O) groups excluding carboxylic acids is 1. The van der Waals surface area contributed by atoms with Gasteiger partial charge in [0.1, 0.15) is 11.6 Å². The first-order chi connectivity index (χ1) is 11.0. The molecule has 1 aromatic heterocycles. The molecule has 0 aliphatic heterocycles. The first-order valence-corrected chi connectivity index (χ1v) is 8.17. The Kier molecular flexibility index (Phi) is 6.06. The van der Waals surface area contributed by atoms with Crippen LogP contribution in [0.5, 0.6) is 5.75 Å². The Morgan fingerprint density at radius 1 is 1.39 bits per heavy atom. The maximum Gasteiger partial charge on any atom is 0.257 e. The van der Waals surface area contributed by atoms with Gasteiger partial charge in [-0.2, -0.15) is 0 Å². The Morgan fingerprint density at radius 3 is 2.83 bits per heavy atom. The van der Waals surface area contributed by atoms with Crippen LogP contribution >= 0.6 is 28.1 Å². The Labute approximate surface area is 148 Å². The number of anilines is 1. The predicted octanol–water partition coefficient (Wildman–Crippen LogP) is 3.68. The summed E-state index contributed by atoms with van der Waals surface area (Å²) in [5.41, 5.74) is 1.41. The van der Waals surface area contributed by atoms with Gasteiger partial charge in [0.15, 0.2) is 5.11 Å². The first-order valence-electron chi connectivity index (χ1n) is 6.97. The van der Waals surface area contributed by atoms with Gasteiger partial charge >= 0.3 is 0 Å². The number of thiocarbonyl (C=S) groups is 1. The van der Waals surface area contributed by atoms with E-state index < -0.39 is 0 Å². The van der Waals surface area contributed by atoms with Gasteiger partial charge in [0.2, 0.25) is 0 Å². The summed E-state index contributed by atoms with van der Waals surface area (Å²) >= 11 is 8.54. The molecule has 2 rings (SSSR count). The van der Waals surface area contributed by atoms with Gasteiger partial charge < -0.3 is 10.1 Å². The number of aromatic nitrogens is 1. The maximum atomic E-state index is 12.2. The number of hydrogen-bond donors (Lipinski definition) is 2. The molecular formula is C16H16BrN3O2S. The molecule has 5 nitrogen and oxygen atoms in total. The molecule has 1 aromatic carbocycles. The summed E-state index contributed by atoms with van der Waals surface area (Å²) in [7, 11) is 0. The van der Waals surface area contributed by atoms with Gasteiger partial charge in [0.25, 0.3) is 5.91 Å². The molecule has 0 saturated heterocycles. The monoisotopic (exact) mass is 393 g/mol. The van der Waals surface area contributed by atoms with Gasteiger partial charge in [-0.05, 0) is 71.8 Å². The van der Waals surface area contributed by atoms with E-state index in [1.54, 1.807) is 24.4 Å². The van der Waals surface area contributed by atoms with Crippen LogP contribution in [0.1, 0.15) is 22.8 Å². The second-order valence-corrected chi connectivity index (χ2v) is 5.92. The molecule has 0 fully saturated rings. The van der Waals surface area contributed by atoms with Crippen LogP contribution in [0.4, 0.5) is 5.82 Å². The summed E-state index contributed by atoms with van der Waals surface area (Å²) in [6.07, 6.45) is 1.66. The number of ether oxygens (including phenoxy) is 1. The molecule has 7 heteroatoms. The second-order valence-electron chi connectivity index (χ2n) is 4.66. The minimum absolute atomic E-state index is 0.196. The van der Waals surface area contributed by atoms with Crippen LogP contribution < -0.4 is 15.4 Å². The van der Waals surface area contributed by atoms with E-state index in [9.17, 15) is 4.79 Å². The number of nitrogens with one attached hydrogen (secondary N) is 2. The molecule has 0 radical (unpaired) electrons. The summed E-state index contributed by atoms with van der Waals surface area (Å²) in [4.78, 5) is 16.4. The molecule has 2 aromatic rings. The zero-order valence-corrected chi connectivity index (χ0v) is 15.1. The van der Waals surface area contributed by atoms with Crippen molar-refractivity contribution in [1.82, 2.24) is 10.3 Å². The quantitative estimate of drug-likeness (QED) is 0.775. The topological polar surface area (TPSA) is 63.2 Å². The molecule has 0 spiro atoms. The zero-order valence-electron chi connectivity index (χ0n) is 12.7. The standard InChI is InChI=1S/C16H16BrN3O2S/c1-3-22-13-7-6-11(9-12(13)17)15(21)20-16(23)19-14-10(2)5-4-8-18-14/h4-9H,3H2,1-2H3,(H2,18,19,20,21,23). The fraction of sp³-hybridized carbons (Fsp3) is 0.188. The van der Waals surface area contributed by atoms with Crippen molar-refractivity contribution in [2.75, 3.05) is 11.9 Å². The molecule has 120 valence electrons. The van der Waals surface area contributed by atoms with E-state index in [1.165, 1.54) is 0 Å². The van der Waals surface area contributed by atoms with Gasteiger partial charge in [-0.15, -0.1) is 0 Å². The van der Waals surface area contributed by atoms with Crippen molar-refractivity contribution in [3.05, 3.63) is 52.1 Å². The number of nitrogens with zero attached hydrogens (tertiary/aromatic N) is 1. The Bertz CT molecular complexity index is 737. The van der Waals surface area contributed by atoms with Gasteiger partial charge in [0.05, 0.1) is 11.1 Å². The number of carbonyl (C=O) groups is 1. The van der Waals surface area contributed by atoms with Crippen molar-refractivity contribution in [2.24, 2.45) is 0 Å². The fourth-order valence-electron chi connectivity index (χ4n) is 1.85. The number of amides is 1. The van der Waals surface area contributed by atoms with Crippen LogP contribution in [0, 0.1) is 6.92 Å². The Balaban J connectivity index is 2.02. The van der Waals surface area contributed by atoms with Gasteiger partial charge in [-0.3, -0.25) is 10.1 Å². The predicted molar refractivity (Wildman–Crippen MR) is 98.0 cm³/mol. The van der Waals surface area contributed by atoms with Crippen molar-refractivity contribution in [3.8, 4) is 5.75 Å². The highest BCUT2D eigenvalue weighted by molar-refractivity contribution is 9.10. The van der Waals surface area contributed by atoms with E-state index in [4.69, 9.17) is 17.0 Å². The highest BCUT2D eigenvalue weighted by atomic mass is 79.9. The lowest BCUT2D eigenvalue weighted by atomic mass is 10.2. The van der Waals surface area contributed by atoms with Crippen molar-refractivity contribution in [3.63, 3.8) is 0 Å². The number of pyridine rings is 1. The van der Waals surface area contributed by atoms with Gasteiger partial charge in [0, 0.05) is 11.8 Å². The van der Waals surface area contributed by atoms with Crippen LogP contribution in [0.2, 0.25) is 0 Å². The molecule has 1 heterocycles. The fourth-order valence-corrected chi connectivity index (χ4v) is 2.53. The lowest BCUT2D eigenvalue weighted by molar-refractivity contribution is 0.0977. The average molecular weight is 394 g/mol. The van der Waals surface area contributed by atoms with E-state index in [-0.39, 0.29) is 11.0 Å². The van der Waals surface area contributed by atoms with Crippen molar-refractivity contribution in [2.45, 2.75) is 13.8 Å². The second kappa shape index (κ2) is 8.03. The van der Waals surface area contributed by atoms with E-state index in [2.05, 4.69) is 31.5 Å². The van der Waals surface area contributed by atoms with Crippen LogP contribution in [-0.4, -0.2) is 22.6 Å². The van der Waals surface area contributed by atoms with Crippen molar-refractivity contribution >= 4 is 45.0 Å². The number of hydrogen-bond acceptors (Lipinski definition) is 4. The third-order valence-electron chi connectivity index (χ3n) is 2.96. The molecule has 0 unspecified atom stereocenters. The average Bonchev–Trinajstić information content (AvgIpc) is 2.51. The third-order valence-corrected chi connectivity index (χ3v) is 3.79. The van der Waals surface area contributed by atoms with Crippen molar-refractivity contribution in [1.29, 1.82) is 0 Å². The third kappa shape index (κ3) is 4.74. The molecule has 0 saturated carbocycles. The summed E-state index contributed by atoms with van der Waals surface area (Å²) in [6.45, 7) is 4.36. The van der Waals surface area contributed by atoms with Crippen LogP contribution in [0.15, 0.2) is 41.0 Å². The lowest BCUT2D eigenvalue weighted by Gasteiger charge is -2.11. The number of halogens is 1. The maximum absolute atomic E-state index is 12.2. The molecule has 23 heavy (non-hydrogen) atoms. The minimum Gasteiger partial charge on any atom is -0.493 e. The smallest absolute Gasteiger partial charge is 0.257 e. The Hall–Kier alpha value is -1.99. The van der Waals surface area contributed by atoms with Gasteiger partial charge in [-0.1, -0.05) is 6.07 Å².